The van der Waals surface area contributed by atoms with Crippen LogP contribution in [0.25, 0.3) is 0 Å². The zero-order valence-corrected chi connectivity index (χ0v) is 17.6. The molecule has 2 unspecified atom stereocenters. The molecule has 0 amide bonds. The van der Waals surface area contributed by atoms with Crippen LogP contribution in [0.2, 0.25) is 0 Å². The van der Waals surface area contributed by atoms with E-state index in [1.165, 1.54) is 0 Å². The minimum atomic E-state index is -0.893. The van der Waals surface area contributed by atoms with Gasteiger partial charge in [0.1, 0.15) is 11.5 Å². The number of nitrogens with zero attached hydrogens (tertiary/aromatic N) is 2. The lowest BCUT2D eigenvalue weighted by Crippen LogP contribution is -2.51. The fourth-order valence-electron chi connectivity index (χ4n) is 4.27. The summed E-state index contributed by atoms with van der Waals surface area (Å²) >= 11 is 0. The average Bonchev–Trinajstić information content (AvgIpc) is 2.71. The molecule has 0 heterocycles. The highest BCUT2D eigenvalue weighted by atomic mass is 16.3. The minimum absolute atomic E-state index is 0.0606. The van der Waals surface area contributed by atoms with Gasteiger partial charge in [0.15, 0.2) is 0 Å². The van der Waals surface area contributed by atoms with Crippen LogP contribution < -0.4 is 9.80 Å². The smallest absolute Gasteiger partial charge is 0.121 e. The number of anilines is 2. The lowest BCUT2D eigenvalue weighted by molar-refractivity contribution is -0.0797. The lowest BCUT2D eigenvalue weighted by atomic mass is 9.63. The van der Waals surface area contributed by atoms with Gasteiger partial charge in [-0.1, -0.05) is 12.1 Å². The maximum atomic E-state index is 10.8. The van der Waals surface area contributed by atoms with Crippen molar-refractivity contribution >= 4 is 11.4 Å². The Balaban J connectivity index is 1.83. The second-order valence-corrected chi connectivity index (χ2v) is 7.71. The standard InChI is InChI=1S/C23H32N2O4/c1-5-24(4)14-8-10-16(18(26)12-14)20-22(28)21(23(20)29)17-11-9-15(13-19(17)27)25(6-2)7-3/h8-13,20-23,26-29H,5-7H2,1-4H3. The number of rotatable bonds is 7. The largest absolute Gasteiger partial charge is 0.508 e. The normalized spacial score (nSPS) is 23.5. The van der Waals surface area contributed by atoms with Crippen LogP contribution in [0, 0.1) is 0 Å². The van der Waals surface area contributed by atoms with E-state index in [0.29, 0.717) is 11.1 Å². The van der Waals surface area contributed by atoms with Gasteiger partial charge in [0.05, 0.1) is 12.2 Å². The number of aliphatic hydroxyl groups excluding tert-OH is 2. The van der Waals surface area contributed by atoms with Crippen LogP contribution >= 0.6 is 0 Å². The summed E-state index contributed by atoms with van der Waals surface area (Å²) in [5, 5.41) is 42.6. The quantitative estimate of drug-likeness (QED) is 0.572. The summed E-state index contributed by atoms with van der Waals surface area (Å²) in [5.41, 5.74) is 2.83. The Morgan fingerprint density at radius 3 is 1.59 bits per heavy atom. The molecule has 158 valence electrons. The van der Waals surface area contributed by atoms with Crippen molar-refractivity contribution in [3.63, 3.8) is 0 Å². The summed E-state index contributed by atoms with van der Waals surface area (Å²) in [4.78, 5) is 4.11. The molecular weight excluding hydrogens is 368 g/mol. The molecule has 1 saturated carbocycles. The molecule has 6 heteroatoms. The van der Waals surface area contributed by atoms with Gasteiger partial charge in [0.2, 0.25) is 0 Å². The number of hydrogen-bond acceptors (Lipinski definition) is 6. The monoisotopic (exact) mass is 400 g/mol. The van der Waals surface area contributed by atoms with Crippen LogP contribution in [0.1, 0.15) is 43.7 Å². The summed E-state index contributed by atoms with van der Waals surface area (Å²) in [5.74, 6) is -1.06. The van der Waals surface area contributed by atoms with Gasteiger partial charge in [-0.25, -0.2) is 0 Å². The topological polar surface area (TPSA) is 87.4 Å². The summed E-state index contributed by atoms with van der Waals surface area (Å²) < 4.78 is 0. The van der Waals surface area contributed by atoms with Crippen LogP contribution in [-0.4, -0.2) is 59.3 Å². The zero-order valence-electron chi connectivity index (χ0n) is 17.6. The molecule has 1 fully saturated rings. The van der Waals surface area contributed by atoms with Crippen molar-refractivity contribution < 1.29 is 20.4 Å². The first-order valence-electron chi connectivity index (χ1n) is 10.3. The van der Waals surface area contributed by atoms with E-state index in [1.807, 2.05) is 31.0 Å². The molecule has 0 radical (unpaired) electrons. The first-order valence-corrected chi connectivity index (χ1v) is 10.3. The molecule has 0 aliphatic heterocycles. The Bertz CT molecular complexity index is 843. The van der Waals surface area contributed by atoms with E-state index < -0.39 is 24.0 Å². The van der Waals surface area contributed by atoms with Crippen LogP contribution in [0.4, 0.5) is 11.4 Å². The van der Waals surface area contributed by atoms with Gasteiger partial charge >= 0.3 is 0 Å². The molecule has 2 aromatic carbocycles. The number of benzene rings is 2. The number of phenols is 2. The predicted octanol–water partition coefficient (Wildman–Crippen LogP) is 3.00. The summed E-state index contributed by atoms with van der Waals surface area (Å²) in [6.07, 6.45) is -1.79. The highest BCUT2D eigenvalue weighted by Crippen LogP contribution is 2.52. The zero-order chi connectivity index (χ0) is 21.3. The molecule has 6 nitrogen and oxygen atoms in total. The first kappa shape index (κ1) is 21.3. The molecule has 0 spiro atoms. The van der Waals surface area contributed by atoms with Crippen LogP contribution in [0.15, 0.2) is 36.4 Å². The second-order valence-electron chi connectivity index (χ2n) is 7.71. The molecule has 2 atom stereocenters. The summed E-state index contributed by atoms with van der Waals surface area (Å²) in [7, 11) is 1.93. The first-order chi connectivity index (χ1) is 13.8. The molecule has 0 saturated heterocycles. The van der Waals surface area contributed by atoms with Crippen LogP contribution in [-0.2, 0) is 0 Å². The fraction of sp³-hybridized carbons (Fsp3) is 0.478. The van der Waals surface area contributed by atoms with Gasteiger partial charge in [0.25, 0.3) is 0 Å². The van der Waals surface area contributed by atoms with Crippen molar-refractivity contribution in [1.82, 2.24) is 0 Å². The minimum Gasteiger partial charge on any atom is -0.508 e. The molecular formula is C23H32N2O4. The fourth-order valence-corrected chi connectivity index (χ4v) is 4.27. The number of aliphatic hydroxyl groups is 2. The van der Waals surface area contributed by atoms with Crippen LogP contribution in [0.5, 0.6) is 11.5 Å². The molecule has 1 aliphatic carbocycles. The molecule has 2 aromatic rings. The van der Waals surface area contributed by atoms with Crippen molar-refractivity contribution in [3.05, 3.63) is 47.5 Å². The second kappa shape index (κ2) is 8.51. The maximum Gasteiger partial charge on any atom is 0.121 e. The van der Waals surface area contributed by atoms with E-state index in [1.54, 1.807) is 24.3 Å². The number of phenolic OH excluding ortho intramolecular Hbond substituents is 2. The molecule has 1 aliphatic rings. The Kier molecular flexibility index (Phi) is 6.24. The van der Waals surface area contributed by atoms with E-state index in [2.05, 4.69) is 18.7 Å². The molecule has 4 N–H and O–H groups in total. The molecule has 0 aromatic heterocycles. The maximum absolute atomic E-state index is 10.8. The van der Waals surface area contributed by atoms with E-state index in [4.69, 9.17) is 0 Å². The predicted molar refractivity (Wildman–Crippen MR) is 116 cm³/mol. The Hall–Kier alpha value is -2.44. The van der Waals surface area contributed by atoms with Crippen molar-refractivity contribution in [2.75, 3.05) is 36.5 Å². The van der Waals surface area contributed by atoms with Gasteiger partial charge in [-0.15, -0.1) is 0 Å². The van der Waals surface area contributed by atoms with Crippen molar-refractivity contribution in [2.45, 2.75) is 44.8 Å². The van der Waals surface area contributed by atoms with Crippen molar-refractivity contribution in [2.24, 2.45) is 0 Å². The van der Waals surface area contributed by atoms with Crippen LogP contribution in [0.3, 0.4) is 0 Å². The van der Waals surface area contributed by atoms with Gasteiger partial charge in [0, 0.05) is 73.2 Å². The Morgan fingerprint density at radius 1 is 0.724 bits per heavy atom. The molecule has 29 heavy (non-hydrogen) atoms. The Morgan fingerprint density at radius 2 is 1.17 bits per heavy atom. The van der Waals surface area contributed by atoms with Crippen molar-refractivity contribution in [1.29, 1.82) is 0 Å². The SMILES string of the molecule is CCN(C)c1ccc(C2C(O)C(c3ccc(N(CC)CC)cc3O)C2O)c(O)c1. The van der Waals surface area contributed by atoms with E-state index in [-0.39, 0.29) is 11.5 Å². The lowest BCUT2D eigenvalue weighted by Gasteiger charge is -2.47. The van der Waals surface area contributed by atoms with Gasteiger partial charge < -0.3 is 30.2 Å². The van der Waals surface area contributed by atoms with E-state index in [0.717, 1.165) is 31.0 Å². The Labute approximate surface area is 172 Å². The average molecular weight is 401 g/mol. The number of hydrogen-bond donors (Lipinski definition) is 4. The number of aromatic hydroxyl groups is 2. The third-order valence-corrected chi connectivity index (χ3v) is 6.26. The van der Waals surface area contributed by atoms with Gasteiger partial charge in [-0.3, -0.25) is 0 Å². The summed E-state index contributed by atoms with van der Waals surface area (Å²) in [6.45, 7) is 8.58. The van der Waals surface area contributed by atoms with E-state index in [9.17, 15) is 20.4 Å². The summed E-state index contributed by atoms with van der Waals surface area (Å²) in [6, 6.07) is 10.6. The van der Waals surface area contributed by atoms with Gasteiger partial charge in [-0.2, -0.15) is 0 Å². The third kappa shape index (κ3) is 3.74. The highest BCUT2D eigenvalue weighted by molar-refractivity contribution is 5.58. The van der Waals surface area contributed by atoms with Crippen molar-refractivity contribution in [3.8, 4) is 11.5 Å². The molecule has 3 rings (SSSR count). The van der Waals surface area contributed by atoms with Gasteiger partial charge in [-0.05, 0) is 32.9 Å². The molecule has 0 bridgehead atoms. The third-order valence-electron chi connectivity index (χ3n) is 6.26. The highest BCUT2D eigenvalue weighted by Gasteiger charge is 2.52. The van der Waals surface area contributed by atoms with E-state index >= 15 is 0 Å².